The van der Waals surface area contributed by atoms with Crippen LogP contribution in [0.3, 0.4) is 0 Å². The Bertz CT molecular complexity index is 1140. The minimum atomic E-state index is -3.44. The molecule has 0 aliphatic heterocycles. The first kappa shape index (κ1) is 22.7. The summed E-state index contributed by atoms with van der Waals surface area (Å²) in [6.07, 6.45) is 7.72. The van der Waals surface area contributed by atoms with Crippen LogP contribution in [0.5, 0.6) is 0 Å². The summed E-state index contributed by atoms with van der Waals surface area (Å²) in [7, 11) is -3.44. The van der Waals surface area contributed by atoms with Crippen LogP contribution < -0.4 is 0 Å². The summed E-state index contributed by atoms with van der Waals surface area (Å²) in [5.74, 6) is 0.715. The highest BCUT2D eigenvalue weighted by molar-refractivity contribution is 7.91. The largest absolute Gasteiger partial charge is 0.395 e. The van der Waals surface area contributed by atoms with Gasteiger partial charge in [0.05, 0.1) is 17.3 Å². The van der Waals surface area contributed by atoms with E-state index in [1.54, 1.807) is 12.1 Å². The van der Waals surface area contributed by atoms with Gasteiger partial charge in [-0.3, -0.25) is 4.98 Å². The van der Waals surface area contributed by atoms with Crippen molar-refractivity contribution in [1.82, 2.24) is 4.98 Å². The highest BCUT2D eigenvalue weighted by Gasteiger charge is 2.41. The Kier molecular flexibility index (Phi) is 7.07. The van der Waals surface area contributed by atoms with Crippen molar-refractivity contribution in [2.45, 2.75) is 55.8 Å². The summed E-state index contributed by atoms with van der Waals surface area (Å²) in [6, 6.07) is 19.9. The highest BCUT2D eigenvalue weighted by atomic mass is 32.2. The lowest BCUT2D eigenvalue weighted by Gasteiger charge is -2.13. The Labute approximate surface area is 191 Å². The molecule has 32 heavy (non-hydrogen) atoms. The van der Waals surface area contributed by atoms with Gasteiger partial charge in [0, 0.05) is 17.8 Å². The van der Waals surface area contributed by atoms with Crippen molar-refractivity contribution in [2.75, 3.05) is 12.4 Å². The molecule has 0 saturated heterocycles. The molecule has 1 N–H and O–H groups in total. The predicted molar refractivity (Wildman–Crippen MR) is 129 cm³/mol. The van der Waals surface area contributed by atoms with E-state index in [2.05, 4.69) is 42.2 Å². The van der Waals surface area contributed by atoms with Crippen LogP contribution >= 0.6 is 0 Å². The van der Waals surface area contributed by atoms with Crippen LogP contribution in [-0.4, -0.2) is 30.9 Å². The summed E-state index contributed by atoms with van der Waals surface area (Å²) in [5.41, 5.74) is 6.11. The number of benzene rings is 2. The van der Waals surface area contributed by atoms with Crippen molar-refractivity contribution < 1.29 is 13.5 Å². The van der Waals surface area contributed by atoms with Gasteiger partial charge in [0.25, 0.3) is 0 Å². The van der Waals surface area contributed by atoms with Crippen LogP contribution in [0, 0.1) is 0 Å². The van der Waals surface area contributed by atoms with Crippen LogP contribution in [0.2, 0.25) is 0 Å². The van der Waals surface area contributed by atoms with Gasteiger partial charge < -0.3 is 5.11 Å². The van der Waals surface area contributed by atoms with Gasteiger partial charge in [0.15, 0.2) is 9.84 Å². The van der Waals surface area contributed by atoms with Crippen LogP contribution in [-0.2, 0) is 16.3 Å². The third-order valence-electron chi connectivity index (χ3n) is 6.36. The number of aliphatic hydroxyl groups is 1. The second-order valence-corrected chi connectivity index (χ2v) is 10.7. The smallest absolute Gasteiger partial charge is 0.180 e. The summed E-state index contributed by atoms with van der Waals surface area (Å²) in [5, 5.41) is 9.01. The standard InChI is InChI=1S/C27H31NO3S/c1-2-3-4-7-21-9-10-22(20-11-13-23(14-12-20)32(30,31)17-16-29)18-24(21)25-19-26(25)27-8-5-6-15-28-27/h5-6,8-15,18,25-26,29H,2-4,7,16-17,19H2,1H3/t25-,26-/m0/s1. The number of aliphatic hydroxyl groups excluding tert-OH is 1. The first-order valence-corrected chi connectivity index (χ1v) is 13.2. The number of unbranched alkanes of at least 4 members (excludes halogenated alkanes) is 2. The Morgan fingerprint density at radius 2 is 1.75 bits per heavy atom. The number of sulfone groups is 1. The van der Waals surface area contributed by atoms with Crippen LogP contribution in [0.4, 0.5) is 0 Å². The average Bonchev–Trinajstić information content (AvgIpc) is 3.61. The molecule has 0 radical (unpaired) electrons. The van der Waals surface area contributed by atoms with Gasteiger partial charge in [-0.1, -0.05) is 56.2 Å². The van der Waals surface area contributed by atoms with E-state index in [0.29, 0.717) is 11.8 Å². The maximum atomic E-state index is 12.2. The minimum Gasteiger partial charge on any atom is -0.395 e. The fraction of sp³-hybridized carbons (Fsp3) is 0.370. The minimum absolute atomic E-state index is 0.250. The molecule has 1 aliphatic rings. The number of nitrogens with zero attached hydrogens (tertiary/aromatic N) is 1. The third kappa shape index (κ3) is 5.11. The van der Waals surface area contributed by atoms with Crippen molar-refractivity contribution in [2.24, 2.45) is 0 Å². The molecule has 1 heterocycles. The molecule has 1 saturated carbocycles. The van der Waals surface area contributed by atoms with E-state index in [-0.39, 0.29) is 17.3 Å². The van der Waals surface area contributed by atoms with Crippen LogP contribution in [0.1, 0.15) is 61.3 Å². The van der Waals surface area contributed by atoms with E-state index < -0.39 is 9.84 Å². The molecule has 0 amide bonds. The Balaban J connectivity index is 1.62. The lowest BCUT2D eigenvalue weighted by Crippen LogP contribution is -2.09. The van der Waals surface area contributed by atoms with Crippen molar-refractivity contribution in [3.05, 3.63) is 83.7 Å². The Hall–Kier alpha value is -2.50. The number of hydrogen-bond acceptors (Lipinski definition) is 4. The quantitative estimate of drug-likeness (QED) is 0.414. The van der Waals surface area contributed by atoms with E-state index in [0.717, 1.165) is 24.0 Å². The highest BCUT2D eigenvalue weighted by Crippen LogP contribution is 2.55. The Morgan fingerprint density at radius 1 is 0.969 bits per heavy atom. The van der Waals surface area contributed by atoms with E-state index >= 15 is 0 Å². The molecular weight excluding hydrogens is 418 g/mol. The molecule has 1 aliphatic carbocycles. The molecule has 1 fully saturated rings. The number of pyridine rings is 1. The molecule has 0 bridgehead atoms. The zero-order valence-corrected chi connectivity index (χ0v) is 19.4. The number of aromatic nitrogens is 1. The summed E-state index contributed by atoms with van der Waals surface area (Å²) in [4.78, 5) is 4.83. The number of hydrogen-bond donors (Lipinski definition) is 1. The second kappa shape index (κ2) is 9.97. The fourth-order valence-electron chi connectivity index (χ4n) is 4.47. The molecule has 3 aromatic rings. The predicted octanol–water partition coefficient (Wildman–Crippen LogP) is 5.52. The van der Waals surface area contributed by atoms with E-state index in [9.17, 15) is 8.42 Å². The maximum Gasteiger partial charge on any atom is 0.180 e. The molecule has 1 aromatic heterocycles. The summed E-state index contributed by atoms with van der Waals surface area (Å²) >= 11 is 0. The molecule has 4 nitrogen and oxygen atoms in total. The van der Waals surface area contributed by atoms with Crippen molar-refractivity contribution in [3.8, 4) is 11.1 Å². The first-order valence-electron chi connectivity index (χ1n) is 11.5. The number of rotatable bonds is 10. The second-order valence-electron chi connectivity index (χ2n) is 8.64. The topological polar surface area (TPSA) is 67.3 Å². The van der Waals surface area contributed by atoms with Gasteiger partial charge >= 0.3 is 0 Å². The molecule has 2 aromatic carbocycles. The molecule has 4 rings (SSSR count). The molecule has 5 heteroatoms. The van der Waals surface area contributed by atoms with Gasteiger partial charge in [-0.25, -0.2) is 8.42 Å². The van der Waals surface area contributed by atoms with Gasteiger partial charge in [-0.05, 0) is 71.7 Å². The fourth-order valence-corrected chi connectivity index (χ4v) is 5.49. The SMILES string of the molecule is CCCCCc1ccc(-c2ccc(S(=O)(=O)CCO)cc2)cc1[C@@H]1C[C@@H]1c1ccccn1. The van der Waals surface area contributed by atoms with Gasteiger partial charge in [0.2, 0.25) is 0 Å². The van der Waals surface area contributed by atoms with Crippen molar-refractivity contribution in [1.29, 1.82) is 0 Å². The maximum absolute atomic E-state index is 12.2. The van der Waals surface area contributed by atoms with Crippen molar-refractivity contribution >= 4 is 9.84 Å². The molecule has 2 atom stereocenters. The first-order chi connectivity index (χ1) is 15.5. The zero-order chi connectivity index (χ0) is 22.6. The van der Waals surface area contributed by atoms with E-state index in [1.165, 1.54) is 36.1 Å². The van der Waals surface area contributed by atoms with Gasteiger partial charge in [0.1, 0.15) is 0 Å². The van der Waals surface area contributed by atoms with Crippen LogP contribution in [0.25, 0.3) is 11.1 Å². The normalized spacial score (nSPS) is 17.9. The van der Waals surface area contributed by atoms with Crippen molar-refractivity contribution in [3.63, 3.8) is 0 Å². The third-order valence-corrected chi connectivity index (χ3v) is 8.07. The molecule has 168 valence electrons. The molecule has 0 spiro atoms. The van der Waals surface area contributed by atoms with E-state index in [1.807, 2.05) is 24.4 Å². The number of aryl methyl sites for hydroxylation is 1. The monoisotopic (exact) mass is 449 g/mol. The lowest BCUT2D eigenvalue weighted by atomic mass is 9.92. The Morgan fingerprint density at radius 3 is 2.44 bits per heavy atom. The summed E-state index contributed by atoms with van der Waals surface area (Å²) < 4.78 is 24.4. The average molecular weight is 450 g/mol. The van der Waals surface area contributed by atoms with Gasteiger partial charge in [-0.2, -0.15) is 0 Å². The molecular formula is C27H31NO3S. The summed E-state index contributed by atoms with van der Waals surface area (Å²) in [6.45, 7) is 1.86. The van der Waals surface area contributed by atoms with Crippen LogP contribution in [0.15, 0.2) is 71.8 Å². The van der Waals surface area contributed by atoms with Gasteiger partial charge in [-0.15, -0.1) is 0 Å². The zero-order valence-electron chi connectivity index (χ0n) is 18.6. The lowest BCUT2D eigenvalue weighted by molar-refractivity contribution is 0.319. The van der Waals surface area contributed by atoms with E-state index in [4.69, 9.17) is 5.11 Å². The molecule has 0 unspecified atom stereocenters.